The van der Waals surface area contributed by atoms with Crippen molar-refractivity contribution in [2.75, 3.05) is 26.2 Å². The van der Waals surface area contributed by atoms with Gasteiger partial charge >= 0.3 is 0 Å². The smallest absolute Gasteiger partial charge is 0.0951 e. The van der Waals surface area contributed by atoms with E-state index in [0.29, 0.717) is 12.6 Å². The average Bonchev–Trinajstić information content (AvgIpc) is 3.17. The molecule has 1 aliphatic heterocycles. The summed E-state index contributed by atoms with van der Waals surface area (Å²) in [6.07, 6.45) is 7.78. The zero-order chi connectivity index (χ0) is 13.2. The monoisotopic (exact) mass is 264 g/mol. The third kappa shape index (κ3) is 2.55. The van der Waals surface area contributed by atoms with E-state index < -0.39 is 0 Å². The number of hydrogen-bond donors (Lipinski definition) is 1. The van der Waals surface area contributed by atoms with Gasteiger partial charge in [-0.2, -0.15) is 0 Å². The molecule has 0 amide bonds. The molecule has 2 fully saturated rings. The minimum atomic E-state index is 0.0921. The van der Waals surface area contributed by atoms with Gasteiger partial charge < -0.3 is 15.0 Å². The minimum absolute atomic E-state index is 0.0921. The Balaban J connectivity index is 1.89. The summed E-state index contributed by atoms with van der Waals surface area (Å²) >= 11 is 0. The van der Waals surface area contributed by atoms with E-state index in [1.54, 1.807) is 0 Å². The molecule has 3 rings (SSSR count). The molecule has 1 saturated heterocycles. The number of ether oxygens (including phenoxy) is 1. The normalized spacial score (nSPS) is 28.7. The number of imidazole rings is 1. The lowest BCUT2D eigenvalue weighted by molar-refractivity contribution is -0.0700. The van der Waals surface area contributed by atoms with Crippen LogP contribution in [0.4, 0.5) is 0 Å². The van der Waals surface area contributed by atoms with E-state index in [1.807, 2.05) is 12.5 Å². The van der Waals surface area contributed by atoms with Gasteiger partial charge in [0.25, 0.3) is 0 Å². The van der Waals surface area contributed by atoms with E-state index in [-0.39, 0.29) is 12.1 Å². The Kier molecular flexibility index (Phi) is 3.86. The highest BCUT2D eigenvalue weighted by Crippen LogP contribution is 2.39. The average molecular weight is 264 g/mol. The Morgan fingerprint density at radius 1 is 1.47 bits per heavy atom. The van der Waals surface area contributed by atoms with E-state index in [4.69, 9.17) is 10.5 Å². The Bertz CT molecular complexity index is 413. The van der Waals surface area contributed by atoms with Gasteiger partial charge in [0, 0.05) is 25.3 Å². The Morgan fingerprint density at radius 3 is 3.00 bits per heavy atom. The molecule has 2 N–H and O–H groups in total. The fourth-order valence-corrected chi connectivity index (χ4v) is 3.10. The highest BCUT2D eigenvalue weighted by atomic mass is 16.5. The zero-order valence-electron chi connectivity index (χ0n) is 11.7. The van der Waals surface area contributed by atoms with E-state index >= 15 is 0 Å². The SMILES string of the molecule is CCCN1CCOC(CN)C1c1cncn1C1CC1. The van der Waals surface area contributed by atoms with E-state index in [1.165, 1.54) is 18.5 Å². The van der Waals surface area contributed by atoms with E-state index in [9.17, 15) is 0 Å². The fourth-order valence-electron chi connectivity index (χ4n) is 3.10. The van der Waals surface area contributed by atoms with Gasteiger partial charge in [-0.25, -0.2) is 4.98 Å². The van der Waals surface area contributed by atoms with Crippen LogP contribution in [0.2, 0.25) is 0 Å². The van der Waals surface area contributed by atoms with Crippen molar-refractivity contribution in [1.29, 1.82) is 0 Å². The molecule has 0 bridgehead atoms. The second-order valence-corrected chi connectivity index (χ2v) is 5.58. The van der Waals surface area contributed by atoms with Gasteiger partial charge in [-0.15, -0.1) is 0 Å². The number of nitrogens with zero attached hydrogens (tertiary/aromatic N) is 3. The molecule has 106 valence electrons. The lowest BCUT2D eigenvalue weighted by Gasteiger charge is -2.41. The summed E-state index contributed by atoms with van der Waals surface area (Å²) in [7, 11) is 0. The molecular weight excluding hydrogens is 240 g/mol. The van der Waals surface area contributed by atoms with Gasteiger partial charge in [0.1, 0.15) is 0 Å². The van der Waals surface area contributed by atoms with Crippen LogP contribution in [0.1, 0.15) is 44.0 Å². The molecule has 1 aromatic heterocycles. The summed E-state index contributed by atoms with van der Waals surface area (Å²) < 4.78 is 8.23. The number of aromatic nitrogens is 2. The van der Waals surface area contributed by atoms with Crippen molar-refractivity contribution in [3.63, 3.8) is 0 Å². The van der Waals surface area contributed by atoms with Crippen molar-refractivity contribution >= 4 is 0 Å². The van der Waals surface area contributed by atoms with Crippen molar-refractivity contribution in [3.8, 4) is 0 Å². The highest BCUT2D eigenvalue weighted by molar-refractivity contribution is 5.12. The first kappa shape index (κ1) is 13.1. The van der Waals surface area contributed by atoms with Crippen LogP contribution in [0.3, 0.4) is 0 Å². The number of rotatable bonds is 5. The fraction of sp³-hybridized carbons (Fsp3) is 0.786. The largest absolute Gasteiger partial charge is 0.374 e. The molecule has 0 spiro atoms. The Labute approximate surface area is 114 Å². The number of hydrogen-bond acceptors (Lipinski definition) is 4. The summed E-state index contributed by atoms with van der Waals surface area (Å²) in [5.41, 5.74) is 7.20. The zero-order valence-corrected chi connectivity index (χ0v) is 11.7. The maximum absolute atomic E-state index is 5.92. The van der Waals surface area contributed by atoms with Crippen LogP contribution in [0.25, 0.3) is 0 Å². The molecule has 5 nitrogen and oxygen atoms in total. The van der Waals surface area contributed by atoms with Crippen LogP contribution in [-0.2, 0) is 4.74 Å². The second kappa shape index (κ2) is 5.61. The maximum atomic E-state index is 5.92. The van der Waals surface area contributed by atoms with Crippen molar-refractivity contribution < 1.29 is 4.74 Å². The van der Waals surface area contributed by atoms with Crippen molar-refractivity contribution in [2.45, 2.75) is 44.4 Å². The highest BCUT2D eigenvalue weighted by Gasteiger charge is 2.36. The van der Waals surface area contributed by atoms with Crippen molar-refractivity contribution in [1.82, 2.24) is 14.5 Å². The first-order chi connectivity index (χ1) is 9.35. The molecule has 2 aliphatic rings. The van der Waals surface area contributed by atoms with Gasteiger partial charge in [-0.05, 0) is 25.8 Å². The first-order valence-electron chi connectivity index (χ1n) is 7.42. The van der Waals surface area contributed by atoms with Crippen LogP contribution in [-0.4, -0.2) is 46.8 Å². The molecule has 0 radical (unpaired) electrons. The molecule has 2 atom stereocenters. The maximum Gasteiger partial charge on any atom is 0.0951 e. The number of nitrogens with two attached hydrogens (primary N) is 1. The van der Waals surface area contributed by atoms with Gasteiger partial charge in [-0.3, -0.25) is 4.90 Å². The lowest BCUT2D eigenvalue weighted by Crippen LogP contribution is -2.49. The molecule has 2 unspecified atom stereocenters. The molecule has 5 heteroatoms. The van der Waals surface area contributed by atoms with Gasteiger partial charge in [0.05, 0.1) is 30.8 Å². The topological polar surface area (TPSA) is 56.3 Å². The van der Waals surface area contributed by atoms with Crippen molar-refractivity contribution in [3.05, 3.63) is 18.2 Å². The molecule has 19 heavy (non-hydrogen) atoms. The predicted octanol–water partition coefficient (Wildman–Crippen LogP) is 1.33. The summed E-state index contributed by atoms with van der Waals surface area (Å²) in [5.74, 6) is 0. The Hall–Kier alpha value is -0.910. The van der Waals surface area contributed by atoms with Gasteiger partial charge in [0.15, 0.2) is 0 Å². The summed E-state index contributed by atoms with van der Waals surface area (Å²) in [6, 6.07) is 0.920. The van der Waals surface area contributed by atoms with E-state index in [0.717, 1.165) is 26.1 Å². The molecular formula is C14H24N4O. The minimum Gasteiger partial charge on any atom is -0.374 e. The third-order valence-electron chi connectivity index (χ3n) is 4.14. The Morgan fingerprint density at radius 2 is 2.32 bits per heavy atom. The molecule has 1 saturated carbocycles. The third-order valence-corrected chi connectivity index (χ3v) is 4.14. The molecule has 1 aromatic rings. The van der Waals surface area contributed by atoms with Crippen molar-refractivity contribution in [2.24, 2.45) is 5.73 Å². The standard InChI is InChI=1S/C14H24N4O/c1-2-5-17-6-7-19-13(8-15)14(17)12-9-16-10-18(12)11-3-4-11/h9-11,13-14H,2-8,15H2,1H3. The first-order valence-corrected chi connectivity index (χ1v) is 7.42. The van der Waals surface area contributed by atoms with E-state index in [2.05, 4.69) is 21.4 Å². The molecule has 0 aromatic carbocycles. The van der Waals surface area contributed by atoms with Crippen LogP contribution in [0.15, 0.2) is 12.5 Å². The van der Waals surface area contributed by atoms with Gasteiger partial charge in [-0.1, -0.05) is 6.92 Å². The van der Waals surface area contributed by atoms with Gasteiger partial charge in [0.2, 0.25) is 0 Å². The summed E-state index contributed by atoms with van der Waals surface area (Å²) in [4.78, 5) is 6.87. The predicted molar refractivity (Wildman–Crippen MR) is 73.9 cm³/mol. The lowest BCUT2D eigenvalue weighted by atomic mass is 10.0. The second-order valence-electron chi connectivity index (χ2n) is 5.58. The number of morpholine rings is 1. The summed E-state index contributed by atoms with van der Waals surface area (Å²) in [6.45, 7) is 5.67. The quantitative estimate of drug-likeness (QED) is 0.871. The van der Waals surface area contributed by atoms with Crippen LogP contribution in [0, 0.1) is 0 Å². The molecule has 1 aliphatic carbocycles. The van der Waals surface area contributed by atoms with Crippen LogP contribution >= 0.6 is 0 Å². The summed E-state index contributed by atoms with van der Waals surface area (Å²) in [5, 5.41) is 0. The van der Waals surface area contributed by atoms with Crippen LogP contribution < -0.4 is 5.73 Å². The molecule has 2 heterocycles. The van der Waals surface area contributed by atoms with Crippen LogP contribution in [0.5, 0.6) is 0 Å².